The van der Waals surface area contributed by atoms with Crippen LogP contribution in [0, 0.1) is 0 Å². The first-order valence-corrected chi connectivity index (χ1v) is 10.7. The van der Waals surface area contributed by atoms with E-state index in [2.05, 4.69) is 58.5 Å². The van der Waals surface area contributed by atoms with Gasteiger partial charge in [-0.05, 0) is 24.1 Å². The maximum atomic E-state index is 12.7. The predicted molar refractivity (Wildman–Crippen MR) is 123 cm³/mol. The molecule has 4 aromatic heterocycles. The van der Waals surface area contributed by atoms with E-state index in [0.29, 0.717) is 23.3 Å². The summed E-state index contributed by atoms with van der Waals surface area (Å²) < 4.78 is 1.83. The Hall–Kier alpha value is -4.34. The molecule has 0 aliphatic carbocycles. The number of pyridine rings is 1. The molecule has 0 fully saturated rings. The Morgan fingerprint density at radius 2 is 2.09 bits per heavy atom. The van der Waals surface area contributed by atoms with E-state index in [1.807, 2.05) is 17.7 Å². The molecule has 0 saturated carbocycles. The monoisotopic (exact) mass is 439 g/mol. The molecule has 6 rings (SSSR count). The Labute approximate surface area is 188 Å². The van der Waals surface area contributed by atoms with Crippen molar-refractivity contribution in [2.45, 2.75) is 12.3 Å². The van der Waals surface area contributed by atoms with Crippen LogP contribution in [-0.4, -0.2) is 53.7 Å². The van der Waals surface area contributed by atoms with Crippen LogP contribution < -0.4 is 10.2 Å². The van der Waals surface area contributed by atoms with Gasteiger partial charge in [-0.25, -0.2) is 19.9 Å². The molecule has 1 amide bonds. The molecule has 1 aliphatic rings. The van der Waals surface area contributed by atoms with Gasteiger partial charge in [-0.1, -0.05) is 18.2 Å². The number of benzene rings is 1. The molecule has 164 valence electrons. The number of hydrogen-bond acceptors (Lipinski definition) is 7. The second kappa shape index (κ2) is 7.66. The van der Waals surface area contributed by atoms with E-state index >= 15 is 0 Å². The second-order valence-electron chi connectivity index (χ2n) is 8.16. The summed E-state index contributed by atoms with van der Waals surface area (Å²) in [5.41, 5.74) is 5.06. The standard InChI is InChI=1S/C23H21N9O/c1-31-13-28-18-8-15(9-25-22(18)31)23(33)24-7-6-14-11-32(19-5-3-2-4-16(14)19)21-17-10-29-30-20(17)26-12-27-21/h2-5,8-10,12-14H,6-7,11H2,1H3,(H,24,33)(H,26,27,29,30). The normalized spacial score (nSPS) is 15.3. The molecule has 0 saturated heterocycles. The molecule has 1 aromatic carbocycles. The number of amides is 1. The molecular formula is C23H21N9O. The zero-order chi connectivity index (χ0) is 22.4. The van der Waals surface area contributed by atoms with Crippen LogP contribution in [0.2, 0.25) is 0 Å². The Kier molecular flexibility index (Phi) is 4.49. The molecule has 1 atom stereocenters. The number of fused-ring (bicyclic) bond motifs is 3. The van der Waals surface area contributed by atoms with Crippen molar-refractivity contribution in [1.29, 1.82) is 0 Å². The summed E-state index contributed by atoms with van der Waals surface area (Å²) >= 11 is 0. The van der Waals surface area contributed by atoms with Crippen LogP contribution in [0.3, 0.4) is 0 Å². The van der Waals surface area contributed by atoms with Crippen molar-refractivity contribution < 1.29 is 4.79 Å². The summed E-state index contributed by atoms with van der Waals surface area (Å²) in [4.78, 5) is 32.3. The first-order valence-electron chi connectivity index (χ1n) is 10.7. The molecule has 1 unspecified atom stereocenters. The SMILES string of the molecule is Cn1cnc2cc(C(=O)NCCC3CN(c4ncnc5[nH]ncc45)c4ccccc43)cnc21. The number of carbonyl (C=O) groups excluding carboxylic acids is 1. The Morgan fingerprint density at radius 3 is 3.03 bits per heavy atom. The summed E-state index contributed by atoms with van der Waals surface area (Å²) in [6.45, 7) is 1.32. The van der Waals surface area contributed by atoms with Crippen molar-refractivity contribution in [3.8, 4) is 0 Å². The Balaban J connectivity index is 1.18. The Bertz CT molecular complexity index is 1490. The average Bonchev–Trinajstić information content (AvgIpc) is 3.56. The van der Waals surface area contributed by atoms with Crippen LogP contribution in [0.4, 0.5) is 11.5 Å². The lowest BCUT2D eigenvalue weighted by atomic mass is 9.98. The van der Waals surface area contributed by atoms with Crippen molar-refractivity contribution in [1.82, 2.24) is 40.0 Å². The molecule has 1 aliphatic heterocycles. The number of carbonyl (C=O) groups is 1. The summed E-state index contributed by atoms with van der Waals surface area (Å²) in [7, 11) is 1.88. The fourth-order valence-electron chi connectivity index (χ4n) is 4.51. The van der Waals surface area contributed by atoms with Gasteiger partial charge in [-0.15, -0.1) is 0 Å². The minimum Gasteiger partial charge on any atom is -0.352 e. The number of H-pyrrole nitrogens is 1. The highest BCUT2D eigenvalue weighted by molar-refractivity contribution is 5.96. The maximum absolute atomic E-state index is 12.7. The van der Waals surface area contributed by atoms with E-state index in [0.717, 1.165) is 35.5 Å². The smallest absolute Gasteiger partial charge is 0.252 e. The summed E-state index contributed by atoms with van der Waals surface area (Å²) in [6.07, 6.45) is 7.40. The number of rotatable bonds is 5. The summed E-state index contributed by atoms with van der Waals surface area (Å²) in [5, 5.41) is 10.9. The quantitative estimate of drug-likeness (QED) is 0.432. The zero-order valence-corrected chi connectivity index (χ0v) is 17.9. The van der Waals surface area contributed by atoms with Crippen molar-refractivity contribution in [2.75, 3.05) is 18.0 Å². The minimum absolute atomic E-state index is 0.144. The van der Waals surface area contributed by atoms with Gasteiger partial charge in [0.15, 0.2) is 11.3 Å². The maximum Gasteiger partial charge on any atom is 0.252 e. The summed E-state index contributed by atoms with van der Waals surface area (Å²) in [5.74, 6) is 0.950. The van der Waals surface area contributed by atoms with Crippen molar-refractivity contribution in [2.24, 2.45) is 7.05 Å². The third-order valence-electron chi connectivity index (χ3n) is 6.14. The topological polar surface area (TPSA) is 118 Å². The average molecular weight is 439 g/mol. The second-order valence-corrected chi connectivity index (χ2v) is 8.16. The van der Waals surface area contributed by atoms with Gasteiger partial charge in [-0.3, -0.25) is 9.89 Å². The van der Waals surface area contributed by atoms with E-state index in [1.165, 1.54) is 5.56 Å². The fraction of sp³-hybridized carbons (Fsp3) is 0.217. The molecule has 2 N–H and O–H groups in total. The van der Waals surface area contributed by atoms with Gasteiger partial charge in [0.25, 0.3) is 5.91 Å². The number of nitrogens with zero attached hydrogens (tertiary/aromatic N) is 7. The fourth-order valence-corrected chi connectivity index (χ4v) is 4.51. The van der Waals surface area contributed by atoms with Gasteiger partial charge in [0.2, 0.25) is 0 Å². The number of aromatic amines is 1. The van der Waals surface area contributed by atoms with Crippen molar-refractivity contribution >= 4 is 39.6 Å². The first-order chi connectivity index (χ1) is 16.2. The van der Waals surface area contributed by atoms with Crippen molar-refractivity contribution in [3.63, 3.8) is 0 Å². The van der Waals surface area contributed by atoms with E-state index < -0.39 is 0 Å². The van der Waals surface area contributed by atoms with Gasteiger partial charge in [0.1, 0.15) is 17.7 Å². The number of aryl methyl sites for hydroxylation is 1. The molecule has 5 aromatic rings. The highest BCUT2D eigenvalue weighted by Crippen LogP contribution is 2.42. The molecule has 10 heteroatoms. The minimum atomic E-state index is -0.144. The van der Waals surface area contributed by atoms with E-state index in [1.54, 1.807) is 31.1 Å². The van der Waals surface area contributed by atoms with Gasteiger partial charge in [0.05, 0.1) is 23.5 Å². The summed E-state index contributed by atoms with van der Waals surface area (Å²) in [6, 6.07) is 10.1. The van der Waals surface area contributed by atoms with Crippen LogP contribution in [0.25, 0.3) is 22.2 Å². The molecule has 0 spiro atoms. The zero-order valence-electron chi connectivity index (χ0n) is 17.9. The van der Waals surface area contributed by atoms with Crippen LogP contribution in [0.5, 0.6) is 0 Å². The lowest BCUT2D eigenvalue weighted by Gasteiger charge is -2.19. The third-order valence-corrected chi connectivity index (χ3v) is 6.14. The lowest BCUT2D eigenvalue weighted by Crippen LogP contribution is -2.26. The van der Waals surface area contributed by atoms with E-state index in [4.69, 9.17) is 0 Å². The van der Waals surface area contributed by atoms with Gasteiger partial charge >= 0.3 is 0 Å². The van der Waals surface area contributed by atoms with Crippen LogP contribution in [0.1, 0.15) is 28.3 Å². The number of aromatic nitrogens is 7. The largest absolute Gasteiger partial charge is 0.352 e. The predicted octanol–water partition coefficient (Wildman–Crippen LogP) is 2.69. The molecule has 33 heavy (non-hydrogen) atoms. The number of para-hydroxylation sites is 1. The molecular weight excluding hydrogens is 418 g/mol. The van der Waals surface area contributed by atoms with E-state index in [9.17, 15) is 4.79 Å². The lowest BCUT2D eigenvalue weighted by molar-refractivity contribution is 0.0952. The third kappa shape index (κ3) is 3.27. The van der Waals surface area contributed by atoms with Gasteiger partial charge in [0, 0.05) is 37.9 Å². The first kappa shape index (κ1) is 19.4. The number of anilines is 2. The van der Waals surface area contributed by atoms with Gasteiger partial charge in [-0.2, -0.15) is 5.10 Å². The van der Waals surface area contributed by atoms with Crippen LogP contribution in [-0.2, 0) is 7.05 Å². The number of imidazole rings is 1. The Morgan fingerprint density at radius 1 is 1.18 bits per heavy atom. The van der Waals surface area contributed by atoms with Crippen LogP contribution >= 0.6 is 0 Å². The van der Waals surface area contributed by atoms with Crippen LogP contribution in [0.15, 0.2) is 55.4 Å². The number of nitrogens with one attached hydrogen (secondary N) is 2. The highest BCUT2D eigenvalue weighted by Gasteiger charge is 2.31. The molecule has 0 radical (unpaired) electrons. The number of hydrogen-bond donors (Lipinski definition) is 2. The van der Waals surface area contributed by atoms with Gasteiger partial charge < -0.3 is 14.8 Å². The van der Waals surface area contributed by atoms with Crippen molar-refractivity contribution in [3.05, 3.63) is 66.5 Å². The molecule has 10 nitrogen and oxygen atoms in total. The highest BCUT2D eigenvalue weighted by atomic mass is 16.1. The molecule has 5 heterocycles. The van der Waals surface area contributed by atoms with E-state index in [-0.39, 0.29) is 11.8 Å². The molecule has 0 bridgehead atoms.